The molecule has 0 spiro atoms. The lowest BCUT2D eigenvalue weighted by atomic mass is 10.3. The molecule has 18 heavy (non-hydrogen) atoms. The molecule has 1 amide bonds. The van der Waals surface area contributed by atoms with Crippen molar-refractivity contribution in [3.05, 3.63) is 12.7 Å². The molecule has 2 aromatic heterocycles. The van der Waals surface area contributed by atoms with Gasteiger partial charge in [-0.3, -0.25) is 4.79 Å². The second-order valence-corrected chi connectivity index (χ2v) is 4.22. The van der Waals surface area contributed by atoms with Gasteiger partial charge in [0.05, 0.1) is 6.33 Å². The molecule has 0 aliphatic rings. The molecular weight excluding hydrogens is 232 g/mol. The fourth-order valence-electron chi connectivity index (χ4n) is 1.59. The number of aromatic nitrogens is 4. The van der Waals surface area contributed by atoms with Crippen molar-refractivity contribution in [2.75, 3.05) is 11.9 Å². The fraction of sp³-hybridized carbons (Fsp3) is 0.455. The lowest BCUT2D eigenvalue weighted by Crippen LogP contribution is -2.31. The smallest absolute Gasteiger partial charge is 0.221 e. The first kappa shape index (κ1) is 12.3. The van der Waals surface area contributed by atoms with Crippen LogP contribution >= 0.6 is 0 Å². The monoisotopic (exact) mass is 248 g/mol. The second-order valence-electron chi connectivity index (χ2n) is 4.22. The minimum Gasteiger partial charge on any atom is -0.368 e. The van der Waals surface area contributed by atoms with Crippen LogP contribution in [0.15, 0.2) is 12.7 Å². The SMILES string of the molecule is CC(C)NC(=O)CCNc1ncnc2nc[nH]c12. The topological polar surface area (TPSA) is 95.6 Å². The number of imidazole rings is 1. The van der Waals surface area contributed by atoms with Gasteiger partial charge in [-0.25, -0.2) is 15.0 Å². The van der Waals surface area contributed by atoms with Crippen LogP contribution in [0.25, 0.3) is 11.2 Å². The van der Waals surface area contributed by atoms with Gasteiger partial charge in [-0.2, -0.15) is 0 Å². The molecule has 0 unspecified atom stereocenters. The van der Waals surface area contributed by atoms with Gasteiger partial charge in [0.25, 0.3) is 0 Å². The molecule has 0 bridgehead atoms. The van der Waals surface area contributed by atoms with Crippen molar-refractivity contribution in [1.29, 1.82) is 0 Å². The van der Waals surface area contributed by atoms with Crippen LogP contribution in [-0.4, -0.2) is 38.4 Å². The molecule has 7 heteroatoms. The summed E-state index contributed by atoms with van der Waals surface area (Å²) in [6.45, 7) is 4.39. The second kappa shape index (κ2) is 5.44. The third-order valence-corrected chi connectivity index (χ3v) is 2.32. The molecule has 0 fully saturated rings. The Balaban J connectivity index is 1.90. The zero-order chi connectivity index (χ0) is 13.0. The van der Waals surface area contributed by atoms with Gasteiger partial charge in [0, 0.05) is 19.0 Å². The van der Waals surface area contributed by atoms with Crippen molar-refractivity contribution in [2.24, 2.45) is 0 Å². The summed E-state index contributed by atoms with van der Waals surface area (Å²) in [5, 5.41) is 5.92. The van der Waals surface area contributed by atoms with Gasteiger partial charge in [0.1, 0.15) is 11.8 Å². The van der Waals surface area contributed by atoms with Gasteiger partial charge < -0.3 is 15.6 Å². The van der Waals surface area contributed by atoms with E-state index in [1.54, 1.807) is 6.33 Å². The van der Waals surface area contributed by atoms with Crippen molar-refractivity contribution in [3.63, 3.8) is 0 Å². The van der Waals surface area contributed by atoms with E-state index in [1.165, 1.54) is 6.33 Å². The largest absolute Gasteiger partial charge is 0.368 e. The van der Waals surface area contributed by atoms with E-state index < -0.39 is 0 Å². The third kappa shape index (κ3) is 2.93. The standard InChI is InChI=1S/C11H16N6O/c1-7(2)17-8(18)3-4-12-10-9-11(14-5-13-9)16-6-15-10/h5-7H,3-4H2,1-2H3,(H,17,18)(H2,12,13,14,15,16). The Labute approximate surface area is 104 Å². The van der Waals surface area contributed by atoms with Crippen molar-refractivity contribution >= 4 is 22.9 Å². The van der Waals surface area contributed by atoms with Crippen LogP contribution in [0.3, 0.4) is 0 Å². The van der Waals surface area contributed by atoms with Gasteiger partial charge >= 0.3 is 0 Å². The van der Waals surface area contributed by atoms with E-state index in [-0.39, 0.29) is 11.9 Å². The third-order valence-electron chi connectivity index (χ3n) is 2.32. The number of nitrogens with zero attached hydrogens (tertiary/aromatic N) is 3. The Bertz CT molecular complexity index is 535. The Hall–Kier alpha value is -2.18. The van der Waals surface area contributed by atoms with Crippen molar-refractivity contribution in [1.82, 2.24) is 25.3 Å². The van der Waals surface area contributed by atoms with E-state index in [0.717, 1.165) is 5.52 Å². The predicted octanol–water partition coefficient (Wildman–Crippen LogP) is 0.679. The highest BCUT2D eigenvalue weighted by molar-refractivity contribution is 5.82. The summed E-state index contributed by atoms with van der Waals surface area (Å²) in [5.41, 5.74) is 1.36. The molecule has 0 aromatic carbocycles. The number of carbonyl (C=O) groups excluding carboxylic acids is 1. The maximum Gasteiger partial charge on any atom is 0.221 e. The molecule has 7 nitrogen and oxygen atoms in total. The minimum absolute atomic E-state index is 0.0208. The van der Waals surface area contributed by atoms with Gasteiger partial charge in [-0.1, -0.05) is 0 Å². The minimum atomic E-state index is 0.0208. The number of rotatable bonds is 5. The highest BCUT2D eigenvalue weighted by Gasteiger charge is 2.06. The molecule has 0 radical (unpaired) electrons. The number of fused-ring (bicyclic) bond motifs is 1. The van der Waals surface area contributed by atoms with E-state index in [2.05, 4.69) is 30.6 Å². The van der Waals surface area contributed by atoms with Crippen LogP contribution < -0.4 is 10.6 Å². The molecule has 96 valence electrons. The highest BCUT2D eigenvalue weighted by Crippen LogP contribution is 2.13. The average Bonchev–Trinajstić information content (AvgIpc) is 2.76. The van der Waals surface area contributed by atoms with Crippen molar-refractivity contribution in [3.8, 4) is 0 Å². The molecule has 0 atom stereocenters. The Kier molecular flexibility index (Phi) is 3.71. The molecule has 0 saturated heterocycles. The van der Waals surface area contributed by atoms with E-state index in [0.29, 0.717) is 24.4 Å². The molecule has 0 aliphatic heterocycles. The summed E-state index contributed by atoms with van der Waals surface area (Å²) in [6.07, 6.45) is 3.41. The van der Waals surface area contributed by atoms with Crippen molar-refractivity contribution < 1.29 is 4.79 Å². The fourth-order valence-corrected chi connectivity index (χ4v) is 1.59. The Morgan fingerprint density at radius 2 is 2.22 bits per heavy atom. The number of hydrogen-bond donors (Lipinski definition) is 3. The van der Waals surface area contributed by atoms with E-state index in [9.17, 15) is 4.79 Å². The molecule has 0 aliphatic carbocycles. The summed E-state index contributed by atoms with van der Waals surface area (Å²) < 4.78 is 0. The molecule has 2 rings (SSSR count). The van der Waals surface area contributed by atoms with Crippen LogP contribution in [0.5, 0.6) is 0 Å². The predicted molar refractivity (Wildman–Crippen MR) is 68.1 cm³/mol. The zero-order valence-electron chi connectivity index (χ0n) is 10.4. The van der Waals surface area contributed by atoms with Gasteiger partial charge in [0.2, 0.25) is 5.91 Å². The number of carbonyl (C=O) groups is 1. The number of anilines is 1. The highest BCUT2D eigenvalue weighted by atomic mass is 16.1. The molecule has 2 heterocycles. The number of hydrogen-bond acceptors (Lipinski definition) is 5. The quantitative estimate of drug-likeness (QED) is 0.723. The van der Waals surface area contributed by atoms with E-state index in [4.69, 9.17) is 0 Å². The van der Waals surface area contributed by atoms with Gasteiger partial charge in [0.15, 0.2) is 11.5 Å². The summed E-state index contributed by atoms with van der Waals surface area (Å²) in [4.78, 5) is 26.6. The van der Waals surface area contributed by atoms with Crippen molar-refractivity contribution in [2.45, 2.75) is 26.3 Å². The van der Waals surface area contributed by atoms with Crippen LogP contribution in [0.2, 0.25) is 0 Å². The summed E-state index contributed by atoms with van der Waals surface area (Å²) in [7, 11) is 0. The molecule has 3 N–H and O–H groups in total. The Morgan fingerprint density at radius 1 is 1.39 bits per heavy atom. The zero-order valence-corrected chi connectivity index (χ0v) is 10.4. The number of nitrogens with one attached hydrogen (secondary N) is 3. The van der Waals surface area contributed by atoms with E-state index in [1.807, 2.05) is 13.8 Å². The first-order valence-corrected chi connectivity index (χ1v) is 5.84. The number of amides is 1. The lowest BCUT2D eigenvalue weighted by Gasteiger charge is -2.09. The maximum absolute atomic E-state index is 11.5. The first-order chi connectivity index (χ1) is 8.66. The maximum atomic E-state index is 11.5. The summed E-state index contributed by atoms with van der Waals surface area (Å²) in [5.74, 6) is 0.683. The average molecular weight is 248 g/mol. The van der Waals surface area contributed by atoms with Crippen LogP contribution in [-0.2, 0) is 4.79 Å². The first-order valence-electron chi connectivity index (χ1n) is 5.84. The van der Waals surface area contributed by atoms with Crippen LogP contribution in [0.4, 0.5) is 5.82 Å². The Morgan fingerprint density at radius 3 is 3.00 bits per heavy atom. The molecule has 0 saturated carbocycles. The number of aromatic amines is 1. The lowest BCUT2D eigenvalue weighted by molar-refractivity contribution is -0.121. The van der Waals surface area contributed by atoms with Gasteiger partial charge in [-0.05, 0) is 13.8 Å². The van der Waals surface area contributed by atoms with Gasteiger partial charge in [-0.15, -0.1) is 0 Å². The normalized spacial score (nSPS) is 10.8. The molecular formula is C11H16N6O. The number of H-pyrrole nitrogens is 1. The van der Waals surface area contributed by atoms with E-state index >= 15 is 0 Å². The summed E-state index contributed by atoms with van der Waals surface area (Å²) >= 11 is 0. The van der Waals surface area contributed by atoms with Crippen LogP contribution in [0.1, 0.15) is 20.3 Å². The van der Waals surface area contributed by atoms with Crippen LogP contribution in [0, 0.1) is 0 Å². The summed E-state index contributed by atoms with van der Waals surface area (Å²) in [6, 6.07) is 0.163. The molecule has 2 aromatic rings.